The highest BCUT2D eigenvalue weighted by Crippen LogP contribution is 2.20. The van der Waals surface area contributed by atoms with Gasteiger partial charge in [0.25, 0.3) is 11.5 Å². The number of rotatable bonds is 7. The number of hydrogen-bond acceptors (Lipinski definition) is 5. The number of benzene rings is 2. The van der Waals surface area contributed by atoms with Crippen molar-refractivity contribution in [2.45, 2.75) is 6.04 Å². The summed E-state index contributed by atoms with van der Waals surface area (Å²) in [7, 11) is 5.53. The lowest BCUT2D eigenvalue weighted by molar-refractivity contribution is 0.0935. The highest BCUT2D eigenvalue weighted by molar-refractivity contribution is 5.92. The van der Waals surface area contributed by atoms with Crippen LogP contribution in [0.3, 0.4) is 0 Å². The van der Waals surface area contributed by atoms with Crippen molar-refractivity contribution < 1.29 is 9.53 Å². The lowest BCUT2D eigenvalue weighted by atomic mass is 10.1. The molecule has 3 aromatic rings. The van der Waals surface area contributed by atoms with Crippen LogP contribution < -0.4 is 15.6 Å². The van der Waals surface area contributed by atoms with Gasteiger partial charge in [-0.25, -0.2) is 0 Å². The first-order valence-electron chi connectivity index (χ1n) is 9.24. The van der Waals surface area contributed by atoms with Gasteiger partial charge in [0.05, 0.1) is 18.8 Å². The zero-order chi connectivity index (χ0) is 20.8. The van der Waals surface area contributed by atoms with Gasteiger partial charge in [0, 0.05) is 12.6 Å². The fraction of sp³-hybridized carbons (Fsp3) is 0.227. The second-order valence-corrected chi connectivity index (χ2v) is 6.77. The Kier molecular flexibility index (Phi) is 6.41. The van der Waals surface area contributed by atoms with Crippen molar-refractivity contribution in [1.29, 1.82) is 0 Å². The summed E-state index contributed by atoms with van der Waals surface area (Å²) in [6.07, 6.45) is 0. The Bertz CT molecular complexity index is 1010. The molecule has 3 rings (SSSR count). The number of carbonyl (C=O) groups excluding carboxylic acids is 1. The number of amides is 1. The molecule has 0 bridgehead atoms. The maximum Gasteiger partial charge on any atom is 0.271 e. The molecule has 0 saturated heterocycles. The second-order valence-electron chi connectivity index (χ2n) is 6.77. The first kappa shape index (κ1) is 20.3. The van der Waals surface area contributed by atoms with Gasteiger partial charge in [-0.15, -0.1) is 0 Å². The molecule has 1 heterocycles. The van der Waals surface area contributed by atoms with E-state index in [0.29, 0.717) is 12.2 Å². The molecule has 0 aliphatic rings. The van der Waals surface area contributed by atoms with Crippen molar-refractivity contribution in [3.8, 4) is 11.4 Å². The third-order valence-corrected chi connectivity index (χ3v) is 4.61. The molecule has 7 nitrogen and oxygen atoms in total. The van der Waals surface area contributed by atoms with Gasteiger partial charge in [0.15, 0.2) is 0 Å². The largest absolute Gasteiger partial charge is 0.497 e. The molecule has 0 spiro atoms. The third kappa shape index (κ3) is 4.89. The summed E-state index contributed by atoms with van der Waals surface area (Å²) in [4.78, 5) is 26.8. The molecular weight excluding hydrogens is 368 g/mol. The summed E-state index contributed by atoms with van der Waals surface area (Å²) in [6.45, 7) is 0.393. The zero-order valence-electron chi connectivity index (χ0n) is 16.7. The lowest BCUT2D eigenvalue weighted by Crippen LogP contribution is -2.35. The van der Waals surface area contributed by atoms with Gasteiger partial charge >= 0.3 is 0 Å². The molecular formula is C22H24N4O3. The monoisotopic (exact) mass is 392 g/mol. The van der Waals surface area contributed by atoms with Crippen LogP contribution in [-0.4, -0.2) is 48.3 Å². The fourth-order valence-electron chi connectivity index (χ4n) is 2.99. The molecule has 29 heavy (non-hydrogen) atoms. The van der Waals surface area contributed by atoms with Crippen LogP contribution >= 0.6 is 0 Å². The van der Waals surface area contributed by atoms with E-state index in [2.05, 4.69) is 10.4 Å². The number of nitrogens with one attached hydrogen (secondary N) is 1. The van der Waals surface area contributed by atoms with E-state index in [4.69, 9.17) is 4.74 Å². The van der Waals surface area contributed by atoms with Crippen molar-refractivity contribution in [2.24, 2.45) is 0 Å². The third-order valence-electron chi connectivity index (χ3n) is 4.61. The van der Waals surface area contributed by atoms with Crippen molar-refractivity contribution >= 4 is 5.91 Å². The summed E-state index contributed by atoms with van der Waals surface area (Å²) in [6, 6.07) is 19.5. The Morgan fingerprint density at radius 2 is 1.76 bits per heavy atom. The molecule has 1 aromatic heterocycles. The molecule has 0 fully saturated rings. The summed E-state index contributed by atoms with van der Waals surface area (Å²) >= 11 is 0. The molecule has 0 aliphatic heterocycles. The molecule has 1 atom stereocenters. The van der Waals surface area contributed by atoms with Crippen LogP contribution in [0.15, 0.2) is 71.5 Å². The number of carbonyl (C=O) groups is 1. The number of hydrogen-bond donors (Lipinski definition) is 1. The van der Waals surface area contributed by atoms with E-state index in [9.17, 15) is 9.59 Å². The van der Waals surface area contributed by atoms with Crippen LogP contribution in [0, 0.1) is 0 Å². The quantitative estimate of drug-likeness (QED) is 0.668. The molecule has 2 aromatic carbocycles. The Labute approximate surface area is 169 Å². The molecule has 1 N–H and O–H groups in total. The predicted molar refractivity (Wildman–Crippen MR) is 112 cm³/mol. The second kappa shape index (κ2) is 9.16. The zero-order valence-corrected chi connectivity index (χ0v) is 16.7. The molecule has 7 heteroatoms. The van der Waals surface area contributed by atoms with Crippen LogP contribution in [0.2, 0.25) is 0 Å². The maximum absolute atomic E-state index is 12.7. The van der Waals surface area contributed by atoms with Crippen molar-refractivity contribution in [3.05, 3.63) is 88.3 Å². The number of likely N-dealkylation sites (N-methyl/N-ethyl adjacent to an activating group) is 1. The highest BCUT2D eigenvalue weighted by Gasteiger charge is 2.17. The van der Waals surface area contributed by atoms with E-state index in [0.717, 1.165) is 11.3 Å². The van der Waals surface area contributed by atoms with Crippen LogP contribution in [0.4, 0.5) is 0 Å². The van der Waals surface area contributed by atoms with Crippen LogP contribution in [0.5, 0.6) is 5.75 Å². The molecule has 150 valence electrons. The number of nitrogens with zero attached hydrogens (tertiary/aromatic N) is 3. The summed E-state index contributed by atoms with van der Waals surface area (Å²) in [5, 5.41) is 7.14. The Hall–Kier alpha value is -3.45. The molecule has 0 aliphatic carbocycles. The van der Waals surface area contributed by atoms with Gasteiger partial charge in [-0.05, 0) is 50.0 Å². The van der Waals surface area contributed by atoms with E-state index in [1.807, 2.05) is 61.5 Å². The minimum atomic E-state index is -0.338. The van der Waals surface area contributed by atoms with Crippen molar-refractivity contribution in [2.75, 3.05) is 27.7 Å². The SMILES string of the molecule is COc1ccc(C(CNC(=O)c2ccc(=O)n(-c3ccccc3)n2)N(C)C)cc1. The summed E-state index contributed by atoms with van der Waals surface area (Å²) in [5.41, 5.74) is 1.55. The minimum absolute atomic E-state index is 0.0233. The summed E-state index contributed by atoms with van der Waals surface area (Å²) < 4.78 is 6.43. The average Bonchev–Trinajstić information content (AvgIpc) is 2.75. The Balaban J connectivity index is 1.76. The number of aromatic nitrogens is 2. The summed E-state index contributed by atoms with van der Waals surface area (Å²) in [5.74, 6) is 0.442. The van der Waals surface area contributed by atoms with E-state index in [1.54, 1.807) is 19.2 Å². The topological polar surface area (TPSA) is 76.5 Å². The number of methoxy groups -OCH3 is 1. The van der Waals surface area contributed by atoms with Crippen molar-refractivity contribution in [3.63, 3.8) is 0 Å². The fourth-order valence-corrected chi connectivity index (χ4v) is 2.99. The first-order chi connectivity index (χ1) is 14.0. The minimum Gasteiger partial charge on any atom is -0.497 e. The normalized spacial score (nSPS) is 11.9. The van der Waals surface area contributed by atoms with E-state index >= 15 is 0 Å². The van der Waals surface area contributed by atoms with Gasteiger partial charge in [-0.2, -0.15) is 9.78 Å². The molecule has 0 radical (unpaired) electrons. The van der Waals surface area contributed by atoms with Gasteiger partial charge in [0.2, 0.25) is 0 Å². The van der Waals surface area contributed by atoms with Crippen LogP contribution in [0.25, 0.3) is 5.69 Å². The van der Waals surface area contributed by atoms with Crippen LogP contribution in [0.1, 0.15) is 22.1 Å². The van der Waals surface area contributed by atoms with E-state index in [1.165, 1.54) is 16.8 Å². The van der Waals surface area contributed by atoms with Gasteiger partial charge < -0.3 is 15.0 Å². The first-order valence-corrected chi connectivity index (χ1v) is 9.24. The predicted octanol–water partition coefficient (Wildman–Crippen LogP) is 2.27. The standard InChI is InChI=1S/C22H24N4O3/c1-25(2)20(16-9-11-18(29-3)12-10-16)15-23-22(28)19-13-14-21(27)26(24-19)17-7-5-4-6-8-17/h4-14,20H,15H2,1-3H3,(H,23,28). The van der Waals surface area contributed by atoms with Gasteiger partial charge in [0.1, 0.15) is 11.4 Å². The van der Waals surface area contributed by atoms with E-state index in [-0.39, 0.29) is 23.2 Å². The highest BCUT2D eigenvalue weighted by atomic mass is 16.5. The smallest absolute Gasteiger partial charge is 0.271 e. The maximum atomic E-state index is 12.7. The molecule has 1 amide bonds. The Morgan fingerprint density at radius 1 is 1.07 bits per heavy atom. The number of ether oxygens (including phenoxy) is 1. The molecule has 1 unspecified atom stereocenters. The van der Waals surface area contributed by atoms with Crippen LogP contribution in [-0.2, 0) is 0 Å². The van der Waals surface area contributed by atoms with E-state index < -0.39 is 0 Å². The average molecular weight is 392 g/mol. The molecule has 0 saturated carbocycles. The Morgan fingerprint density at radius 3 is 2.38 bits per heavy atom. The lowest BCUT2D eigenvalue weighted by Gasteiger charge is -2.25. The van der Waals surface area contributed by atoms with Crippen molar-refractivity contribution in [1.82, 2.24) is 20.0 Å². The van der Waals surface area contributed by atoms with Gasteiger partial charge in [-0.1, -0.05) is 30.3 Å². The van der Waals surface area contributed by atoms with Gasteiger partial charge in [-0.3, -0.25) is 9.59 Å². The number of para-hydroxylation sites is 1.